The number of aryl methyl sites for hydroxylation is 1. The maximum atomic E-state index is 13.4. The van der Waals surface area contributed by atoms with E-state index in [1.54, 1.807) is 0 Å². The monoisotopic (exact) mass is 454 g/mol. The SMILES string of the molecule is Cl.O=C1NC2(CCCc3ccccc32)C(=O)N1CCCN1CCN(c2ccccc2)CC1. The molecular weight excluding hydrogens is 424 g/mol. The van der Waals surface area contributed by atoms with E-state index in [1.165, 1.54) is 16.2 Å². The normalized spacial score (nSPS) is 23.1. The number of carbonyl (C=O) groups excluding carboxylic acids is 2. The first-order valence-corrected chi connectivity index (χ1v) is 11.4. The van der Waals surface area contributed by atoms with E-state index in [9.17, 15) is 9.59 Å². The minimum absolute atomic E-state index is 0. The first-order valence-electron chi connectivity index (χ1n) is 11.4. The van der Waals surface area contributed by atoms with Crippen molar-refractivity contribution in [1.29, 1.82) is 0 Å². The zero-order valence-electron chi connectivity index (χ0n) is 18.3. The summed E-state index contributed by atoms with van der Waals surface area (Å²) in [6, 6.07) is 18.3. The minimum atomic E-state index is -0.854. The Balaban J connectivity index is 0.00000245. The van der Waals surface area contributed by atoms with E-state index in [4.69, 9.17) is 0 Å². The highest BCUT2D eigenvalue weighted by Gasteiger charge is 2.53. The zero-order valence-corrected chi connectivity index (χ0v) is 19.2. The molecule has 5 rings (SSSR count). The molecule has 6 nitrogen and oxygen atoms in total. The molecule has 1 unspecified atom stereocenters. The Hall–Kier alpha value is -2.57. The van der Waals surface area contributed by atoms with Crippen molar-refractivity contribution in [3.8, 4) is 0 Å². The van der Waals surface area contributed by atoms with Crippen molar-refractivity contribution >= 4 is 30.0 Å². The maximum absolute atomic E-state index is 13.4. The smallest absolute Gasteiger partial charge is 0.325 e. The van der Waals surface area contributed by atoms with Gasteiger partial charge in [-0.1, -0.05) is 42.5 Å². The highest BCUT2D eigenvalue weighted by atomic mass is 35.5. The van der Waals surface area contributed by atoms with Crippen molar-refractivity contribution in [2.75, 3.05) is 44.2 Å². The number of imide groups is 1. The Kier molecular flexibility index (Phi) is 6.72. The molecule has 2 fully saturated rings. The standard InChI is InChI=1S/C25H30N4O2.ClH/c30-23-25(13-6-9-20-8-4-5-12-22(20)25)26-24(31)29(23)15-7-14-27-16-18-28(19-17-27)21-10-2-1-3-11-21;/h1-5,8,10-12H,6-7,9,13-19H2,(H,26,31);1H. The highest BCUT2D eigenvalue weighted by Crippen LogP contribution is 2.39. The molecule has 2 heterocycles. The third kappa shape index (κ3) is 4.09. The number of nitrogens with zero attached hydrogens (tertiary/aromatic N) is 3. The first kappa shape index (κ1) is 22.6. The fourth-order valence-electron chi connectivity index (χ4n) is 5.34. The van der Waals surface area contributed by atoms with E-state index in [0.717, 1.165) is 57.5 Å². The average molecular weight is 455 g/mol. The van der Waals surface area contributed by atoms with Crippen LogP contribution in [0.15, 0.2) is 54.6 Å². The molecular formula is C25H31ClN4O2. The summed E-state index contributed by atoms with van der Waals surface area (Å²) in [6.07, 6.45) is 3.38. The number of anilines is 1. The number of piperazine rings is 1. The van der Waals surface area contributed by atoms with Crippen LogP contribution in [0.5, 0.6) is 0 Å². The van der Waals surface area contributed by atoms with Crippen LogP contribution in [-0.2, 0) is 16.8 Å². The second-order valence-corrected chi connectivity index (χ2v) is 8.82. The molecule has 1 aliphatic carbocycles. The van der Waals surface area contributed by atoms with Crippen LogP contribution < -0.4 is 10.2 Å². The minimum Gasteiger partial charge on any atom is -0.369 e. The zero-order chi connectivity index (χ0) is 21.3. The van der Waals surface area contributed by atoms with Gasteiger partial charge in [-0.15, -0.1) is 12.4 Å². The molecule has 1 N–H and O–H groups in total. The van der Waals surface area contributed by atoms with E-state index in [1.807, 2.05) is 24.3 Å². The van der Waals surface area contributed by atoms with Gasteiger partial charge in [0.05, 0.1) is 0 Å². The fourth-order valence-corrected chi connectivity index (χ4v) is 5.34. The van der Waals surface area contributed by atoms with Gasteiger partial charge in [-0.05, 0) is 55.5 Å². The molecule has 2 saturated heterocycles. The molecule has 3 aliphatic rings. The third-order valence-electron chi connectivity index (χ3n) is 7.00. The quantitative estimate of drug-likeness (QED) is 0.703. The van der Waals surface area contributed by atoms with Gasteiger partial charge in [0.2, 0.25) is 0 Å². The lowest BCUT2D eigenvalue weighted by Crippen LogP contribution is -2.47. The third-order valence-corrected chi connectivity index (χ3v) is 7.00. The summed E-state index contributed by atoms with van der Waals surface area (Å²) in [5, 5.41) is 3.05. The number of urea groups is 1. The van der Waals surface area contributed by atoms with Crippen molar-refractivity contribution in [3.63, 3.8) is 0 Å². The largest absolute Gasteiger partial charge is 0.369 e. The van der Waals surface area contributed by atoms with E-state index >= 15 is 0 Å². The van der Waals surface area contributed by atoms with Crippen molar-refractivity contribution in [1.82, 2.24) is 15.1 Å². The molecule has 0 radical (unpaired) electrons. The average Bonchev–Trinajstić information content (AvgIpc) is 3.05. The molecule has 32 heavy (non-hydrogen) atoms. The Morgan fingerprint density at radius 2 is 1.59 bits per heavy atom. The van der Waals surface area contributed by atoms with Gasteiger partial charge in [0, 0.05) is 38.4 Å². The van der Waals surface area contributed by atoms with Crippen LogP contribution in [0.25, 0.3) is 0 Å². The molecule has 170 valence electrons. The molecule has 1 atom stereocenters. The second kappa shape index (κ2) is 9.51. The molecule has 0 bridgehead atoms. The summed E-state index contributed by atoms with van der Waals surface area (Å²) in [4.78, 5) is 32.4. The lowest BCUT2D eigenvalue weighted by Gasteiger charge is -2.36. The second-order valence-electron chi connectivity index (χ2n) is 8.82. The number of para-hydroxylation sites is 1. The predicted molar refractivity (Wildman–Crippen MR) is 128 cm³/mol. The Bertz CT molecular complexity index is 961. The summed E-state index contributed by atoms with van der Waals surface area (Å²) in [6.45, 7) is 5.41. The predicted octanol–water partition coefficient (Wildman–Crippen LogP) is 3.40. The van der Waals surface area contributed by atoms with Gasteiger partial charge in [0.25, 0.3) is 5.91 Å². The fraction of sp³-hybridized carbons (Fsp3) is 0.440. The topological polar surface area (TPSA) is 55.9 Å². The number of benzene rings is 2. The summed E-state index contributed by atoms with van der Waals surface area (Å²) in [5.41, 5.74) is 2.59. The lowest BCUT2D eigenvalue weighted by molar-refractivity contribution is -0.132. The van der Waals surface area contributed by atoms with E-state index in [-0.39, 0.29) is 24.3 Å². The van der Waals surface area contributed by atoms with E-state index < -0.39 is 5.54 Å². The van der Waals surface area contributed by atoms with Gasteiger partial charge in [0.1, 0.15) is 5.54 Å². The molecule has 0 saturated carbocycles. The molecule has 0 aromatic heterocycles. The molecule has 2 aliphatic heterocycles. The van der Waals surface area contributed by atoms with Crippen LogP contribution in [0.3, 0.4) is 0 Å². The van der Waals surface area contributed by atoms with Crippen molar-refractivity contribution in [2.24, 2.45) is 0 Å². The van der Waals surface area contributed by atoms with E-state index in [2.05, 4.69) is 45.4 Å². The van der Waals surface area contributed by atoms with E-state index in [0.29, 0.717) is 13.0 Å². The van der Waals surface area contributed by atoms with Crippen LogP contribution >= 0.6 is 12.4 Å². The van der Waals surface area contributed by atoms with Gasteiger partial charge in [0.15, 0.2) is 0 Å². The van der Waals surface area contributed by atoms with Crippen LogP contribution in [-0.4, -0.2) is 61.0 Å². The number of halogens is 1. The van der Waals surface area contributed by atoms with Gasteiger partial charge in [-0.2, -0.15) is 0 Å². The van der Waals surface area contributed by atoms with Crippen molar-refractivity contribution < 1.29 is 9.59 Å². The van der Waals surface area contributed by atoms with Gasteiger partial charge in [-0.3, -0.25) is 14.6 Å². The number of rotatable bonds is 5. The van der Waals surface area contributed by atoms with Crippen LogP contribution in [0.2, 0.25) is 0 Å². The summed E-state index contributed by atoms with van der Waals surface area (Å²) >= 11 is 0. The molecule has 2 aromatic carbocycles. The van der Waals surface area contributed by atoms with Gasteiger partial charge >= 0.3 is 6.03 Å². The molecule has 3 amide bonds. The summed E-state index contributed by atoms with van der Waals surface area (Å²) in [7, 11) is 0. The van der Waals surface area contributed by atoms with Crippen molar-refractivity contribution in [3.05, 3.63) is 65.7 Å². The van der Waals surface area contributed by atoms with Crippen LogP contribution in [0.4, 0.5) is 10.5 Å². The highest BCUT2D eigenvalue weighted by molar-refractivity contribution is 6.07. The lowest BCUT2D eigenvalue weighted by atomic mass is 9.76. The Labute approximate surface area is 196 Å². The maximum Gasteiger partial charge on any atom is 0.325 e. The number of amides is 3. The van der Waals surface area contributed by atoms with Gasteiger partial charge in [-0.25, -0.2) is 4.79 Å². The number of carbonyl (C=O) groups is 2. The summed E-state index contributed by atoms with van der Waals surface area (Å²) < 4.78 is 0. The first-order chi connectivity index (χ1) is 15.2. The molecule has 1 spiro atoms. The molecule has 7 heteroatoms. The van der Waals surface area contributed by atoms with Crippen molar-refractivity contribution in [2.45, 2.75) is 31.2 Å². The summed E-state index contributed by atoms with van der Waals surface area (Å²) in [5.74, 6) is -0.0708. The van der Waals surface area contributed by atoms with Crippen LogP contribution in [0.1, 0.15) is 30.4 Å². The Morgan fingerprint density at radius 3 is 2.38 bits per heavy atom. The molecule has 2 aromatic rings. The number of fused-ring (bicyclic) bond motifs is 2. The number of nitrogens with one attached hydrogen (secondary N) is 1. The number of hydrogen-bond acceptors (Lipinski definition) is 4. The van der Waals surface area contributed by atoms with Gasteiger partial charge < -0.3 is 10.2 Å². The number of hydrogen-bond donors (Lipinski definition) is 1. The van der Waals surface area contributed by atoms with Crippen LogP contribution in [0, 0.1) is 0 Å². The Morgan fingerprint density at radius 1 is 0.875 bits per heavy atom.